The second-order valence-corrected chi connectivity index (χ2v) is 6.12. The Balaban J connectivity index is 1.62. The van der Waals surface area contributed by atoms with E-state index in [1.165, 1.54) is 6.20 Å². The molecule has 1 N–H and O–H groups in total. The van der Waals surface area contributed by atoms with Gasteiger partial charge in [-0.2, -0.15) is 10.2 Å². The van der Waals surface area contributed by atoms with E-state index in [4.69, 9.17) is 23.2 Å². The lowest BCUT2D eigenvalue weighted by molar-refractivity contribution is -0.116. The van der Waals surface area contributed by atoms with Crippen molar-refractivity contribution in [2.75, 3.05) is 5.32 Å². The highest BCUT2D eigenvalue weighted by molar-refractivity contribution is 6.31. The van der Waals surface area contributed by atoms with E-state index in [2.05, 4.69) is 15.5 Å². The minimum atomic E-state index is -0.199. The lowest BCUT2D eigenvalue weighted by atomic mass is 10.2. The molecule has 0 fully saturated rings. The highest BCUT2D eigenvalue weighted by atomic mass is 35.5. The van der Waals surface area contributed by atoms with Crippen molar-refractivity contribution in [3.05, 3.63) is 64.2 Å². The smallest absolute Gasteiger partial charge is 0.246 e. The first-order valence-electron chi connectivity index (χ1n) is 7.26. The van der Waals surface area contributed by atoms with Gasteiger partial charge in [-0.25, -0.2) is 0 Å². The topological polar surface area (TPSA) is 64.7 Å². The number of hydrogen-bond donors (Lipinski definition) is 1. The molecular formula is C16H15Cl2N5O. The lowest BCUT2D eigenvalue weighted by Gasteiger charge is -2.05. The van der Waals surface area contributed by atoms with Crippen LogP contribution in [0.15, 0.2) is 42.9 Å². The van der Waals surface area contributed by atoms with Gasteiger partial charge in [0, 0.05) is 11.2 Å². The van der Waals surface area contributed by atoms with E-state index in [1.54, 1.807) is 21.8 Å². The SMILES string of the molecule is Cc1c(Cl)cnn1CC(=O)Nc1cnn(Cc2ccccc2Cl)c1. The first-order valence-corrected chi connectivity index (χ1v) is 8.02. The van der Waals surface area contributed by atoms with Crippen molar-refractivity contribution in [1.29, 1.82) is 0 Å². The van der Waals surface area contributed by atoms with E-state index < -0.39 is 0 Å². The Morgan fingerprint density at radius 3 is 2.67 bits per heavy atom. The highest BCUT2D eigenvalue weighted by Gasteiger charge is 2.10. The fraction of sp³-hybridized carbons (Fsp3) is 0.188. The number of carbonyl (C=O) groups is 1. The van der Waals surface area contributed by atoms with Gasteiger partial charge in [0.1, 0.15) is 6.54 Å². The number of carbonyl (C=O) groups excluding carboxylic acids is 1. The molecule has 0 aliphatic carbocycles. The molecule has 0 radical (unpaired) electrons. The molecule has 6 nitrogen and oxygen atoms in total. The van der Waals surface area contributed by atoms with Crippen LogP contribution in [-0.2, 0) is 17.9 Å². The summed E-state index contributed by atoms with van der Waals surface area (Å²) in [5.74, 6) is -0.199. The number of nitrogens with one attached hydrogen (secondary N) is 1. The van der Waals surface area contributed by atoms with Crippen LogP contribution in [0.3, 0.4) is 0 Å². The van der Waals surface area contributed by atoms with Crippen molar-refractivity contribution in [2.24, 2.45) is 0 Å². The maximum Gasteiger partial charge on any atom is 0.246 e. The minimum Gasteiger partial charge on any atom is -0.322 e. The maximum atomic E-state index is 12.1. The van der Waals surface area contributed by atoms with Gasteiger partial charge in [-0.15, -0.1) is 0 Å². The predicted octanol–water partition coefficient (Wildman–Crippen LogP) is 3.38. The molecule has 0 unspecified atom stereocenters. The molecule has 3 rings (SSSR count). The number of aromatic nitrogens is 4. The van der Waals surface area contributed by atoms with Crippen LogP contribution in [0.1, 0.15) is 11.3 Å². The van der Waals surface area contributed by atoms with Crippen LogP contribution in [0.4, 0.5) is 5.69 Å². The average molecular weight is 364 g/mol. The molecule has 0 saturated carbocycles. The van der Waals surface area contributed by atoms with Gasteiger partial charge in [-0.3, -0.25) is 14.2 Å². The Morgan fingerprint density at radius 2 is 1.96 bits per heavy atom. The fourth-order valence-electron chi connectivity index (χ4n) is 2.24. The molecule has 0 aliphatic rings. The van der Waals surface area contributed by atoms with Gasteiger partial charge in [0.25, 0.3) is 0 Å². The fourth-order valence-corrected chi connectivity index (χ4v) is 2.57. The van der Waals surface area contributed by atoms with Crippen molar-refractivity contribution >= 4 is 34.8 Å². The normalized spacial score (nSPS) is 10.8. The summed E-state index contributed by atoms with van der Waals surface area (Å²) in [6.45, 7) is 2.43. The molecule has 24 heavy (non-hydrogen) atoms. The maximum absolute atomic E-state index is 12.1. The number of rotatable bonds is 5. The third-order valence-corrected chi connectivity index (χ3v) is 4.28. The van der Waals surface area contributed by atoms with Crippen LogP contribution in [0, 0.1) is 6.92 Å². The zero-order valence-corrected chi connectivity index (χ0v) is 14.4. The van der Waals surface area contributed by atoms with Crippen LogP contribution >= 0.6 is 23.2 Å². The first-order chi connectivity index (χ1) is 11.5. The monoisotopic (exact) mass is 363 g/mol. The van der Waals surface area contributed by atoms with E-state index in [0.29, 0.717) is 22.3 Å². The summed E-state index contributed by atoms with van der Waals surface area (Å²) in [7, 11) is 0. The largest absolute Gasteiger partial charge is 0.322 e. The molecule has 0 bridgehead atoms. The number of halogens is 2. The molecule has 0 aliphatic heterocycles. The summed E-state index contributed by atoms with van der Waals surface area (Å²) >= 11 is 12.1. The van der Waals surface area contributed by atoms with Crippen molar-refractivity contribution < 1.29 is 4.79 Å². The molecule has 0 spiro atoms. The molecule has 2 aromatic heterocycles. The molecule has 8 heteroatoms. The third kappa shape index (κ3) is 3.77. The second-order valence-electron chi connectivity index (χ2n) is 5.30. The minimum absolute atomic E-state index is 0.0915. The van der Waals surface area contributed by atoms with Gasteiger partial charge in [-0.05, 0) is 18.6 Å². The van der Waals surface area contributed by atoms with E-state index in [1.807, 2.05) is 31.2 Å². The molecule has 3 aromatic rings. The number of nitrogens with zero attached hydrogens (tertiary/aromatic N) is 4. The lowest BCUT2D eigenvalue weighted by Crippen LogP contribution is -2.20. The summed E-state index contributed by atoms with van der Waals surface area (Å²) in [5.41, 5.74) is 2.33. The van der Waals surface area contributed by atoms with Crippen molar-refractivity contribution in [2.45, 2.75) is 20.0 Å². The Kier molecular flexibility index (Phi) is 4.87. The molecular weight excluding hydrogens is 349 g/mol. The van der Waals surface area contributed by atoms with Crippen LogP contribution in [-0.4, -0.2) is 25.5 Å². The third-order valence-electron chi connectivity index (χ3n) is 3.54. The van der Waals surface area contributed by atoms with Gasteiger partial charge in [0.2, 0.25) is 5.91 Å². The molecule has 1 aromatic carbocycles. The molecule has 0 atom stereocenters. The van der Waals surface area contributed by atoms with Crippen LogP contribution in [0.2, 0.25) is 10.0 Å². The molecule has 124 valence electrons. The van der Waals surface area contributed by atoms with E-state index in [-0.39, 0.29) is 12.5 Å². The zero-order valence-electron chi connectivity index (χ0n) is 12.9. The van der Waals surface area contributed by atoms with E-state index >= 15 is 0 Å². The van der Waals surface area contributed by atoms with E-state index in [9.17, 15) is 4.79 Å². The Hall–Kier alpha value is -2.31. The van der Waals surface area contributed by atoms with Crippen LogP contribution in [0.25, 0.3) is 0 Å². The zero-order chi connectivity index (χ0) is 17.1. The van der Waals surface area contributed by atoms with Gasteiger partial charge >= 0.3 is 0 Å². The van der Waals surface area contributed by atoms with Crippen molar-refractivity contribution in [3.8, 4) is 0 Å². The first kappa shape index (κ1) is 16.5. The van der Waals surface area contributed by atoms with Crippen molar-refractivity contribution in [1.82, 2.24) is 19.6 Å². The van der Waals surface area contributed by atoms with Crippen molar-refractivity contribution in [3.63, 3.8) is 0 Å². The highest BCUT2D eigenvalue weighted by Crippen LogP contribution is 2.17. The summed E-state index contributed by atoms with van der Waals surface area (Å²) in [6.07, 6.45) is 4.87. The standard InChI is InChI=1S/C16H15Cl2N5O/c1-11-15(18)7-20-23(11)10-16(24)21-13-6-19-22(9-13)8-12-4-2-3-5-14(12)17/h2-7,9H,8,10H2,1H3,(H,21,24). The quantitative estimate of drug-likeness (QED) is 0.755. The summed E-state index contributed by atoms with van der Waals surface area (Å²) in [5, 5.41) is 12.3. The Morgan fingerprint density at radius 1 is 1.17 bits per heavy atom. The average Bonchev–Trinajstić information content (AvgIpc) is 3.11. The predicted molar refractivity (Wildman–Crippen MR) is 93.4 cm³/mol. The van der Waals surface area contributed by atoms with Gasteiger partial charge in [-0.1, -0.05) is 41.4 Å². The summed E-state index contributed by atoms with van der Waals surface area (Å²) in [4.78, 5) is 12.1. The molecule has 0 saturated heterocycles. The van der Waals surface area contributed by atoms with Gasteiger partial charge < -0.3 is 5.32 Å². The molecule has 1 amide bonds. The number of amides is 1. The van der Waals surface area contributed by atoms with E-state index in [0.717, 1.165) is 11.3 Å². The van der Waals surface area contributed by atoms with Crippen LogP contribution in [0.5, 0.6) is 0 Å². The number of benzene rings is 1. The molecule has 2 heterocycles. The number of hydrogen-bond acceptors (Lipinski definition) is 3. The van der Waals surface area contributed by atoms with Crippen LogP contribution < -0.4 is 5.32 Å². The van der Waals surface area contributed by atoms with Gasteiger partial charge in [0.15, 0.2) is 0 Å². The number of anilines is 1. The Labute approximate surface area is 149 Å². The summed E-state index contributed by atoms with van der Waals surface area (Å²) in [6, 6.07) is 7.57. The second kappa shape index (κ2) is 7.07. The van der Waals surface area contributed by atoms with Gasteiger partial charge in [0.05, 0.1) is 35.3 Å². The Bertz CT molecular complexity index is 871. The summed E-state index contributed by atoms with van der Waals surface area (Å²) < 4.78 is 3.26.